The lowest BCUT2D eigenvalue weighted by Gasteiger charge is -2.27. The summed E-state index contributed by atoms with van der Waals surface area (Å²) in [5, 5.41) is 10.2. The van der Waals surface area contributed by atoms with Crippen LogP contribution in [0.4, 0.5) is 17.1 Å². The van der Waals surface area contributed by atoms with Crippen LogP contribution in [0.25, 0.3) is 68.6 Å². The smallest absolute Gasteiger partial charge is 0.335 e. The lowest BCUT2D eigenvalue weighted by molar-refractivity contribution is 0.0696. The van der Waals surface area contributed by atoms with Crippen LogP contribution in [0.2, 0.25) is 0 Å². The second-order valence-corrected chi connectivity index (χ2v) is 25.5. The Morgan fingerprint density at radius 3 is 1.40 bits per heavy atom. The molecule has 0 atom stereocenters. The number of anilines is 3. The number of nitrogens with zero attached hydrogens (tertiary/aromatic N) is 3. The second kappa shape index (κ2) is 33.6. The molecule has 2 aliphatic rings. The van der Waals surface area contributed by atoms with E-state index in [0.29, 0.717) is 35.6 Å². The van der Waals surface area contributed by atoms with Gasteiger partial charge in [0, 0.05) is 50.2 Å². The fourth-order valence-electron chi connectivity index (χ4n) is 13.0. The fourth-order valence-corrected chi connectivity index (χ4v) is 13.0. The molecule has 0 amide bonds. The number of ether oxygens (including phenoxy) is 2. The number of nitrogens with one attached hydrogen (secondary N) is 2. The molecule has 0 saturated carbocycles. The van der Waals surface area contributed by atoms with Crippen molar-refractivity contribution in [1.29, 1.82) is 0 Å². The number of hydrogen-bond donors (Lipinski definition) is 3. The van der Waals surface area contributed by atoms with Gasteiger partial charge in [-0.05, 0) is 184 Å². The van der Waals surface area contributed by atoms with Crippen LogP contribution < -0.4 is 14.4 Å². The minimum absolute atomic E-state index is 0.215. The molecule has 0 radical (unpaired) electrons. The average Bonchev–Trinajstić information content (AvgIpc) is 1.65. The van der Waals surface area contributed by atoms with Crippen LogP contribution >= 0.6 is 0 Å². The summed E-state index contributed by atoms with van der Waals surface area (Å²) >= 11 is 0. The average molecular weight is 1240 g/mol. The Kier molecular flexibility index (Phi) is 24.2. The van der Waals surface area contributed by atoms with Crippen molar-refractivity contribution in [2.24, 2.45) is 0 Å². The van der Waals surface area contributed by atoms with E-state index >= 15 is 0 Å². The van der Waals surface area contributed by atoms with Crippen molar-refractivity contribution in [3.05, 3.63) is 195 Å². The van der Waals surface area contributed by atoms with Crippen molar-refractivity contribution in [1.82, 2.24) is 19.9 Å². The highest BCUT2D eigenvalue weighted by Crippen LogP contribution is 2.45. The molecule has 93 heavy (non-hydrogen) atoms. The monoisotopic (exact) mass is 1240 g/mol. The summed E-state index contributed by atoms with van der Waals surface area (Å²) in [6, 6.07) is 45.1. The van der Waals surface area contributed by atoms with E-state index < -0.39 is 5.97 Å². The number of aromatic amines is 2. The fraction of sp³-hybridized carbons (Fsp3) is 0.369. The topological polar surface area (TPSA) is 116 Å². The molecular formula is C84H97N5O4. The quantitative estimate of drug-likeness (QED) is 0.0284. The lowest BCUT2D eigenvalue weighted by atomic mass is 9.97. The van der Waals surface area contributed by atoms with Crippen LogP contribution in [-0.2, 0) is 12.8 Å². The normalized spacial score (nSPS) is 11.7. The SMILES string of the molecule is CCCCCCCCOc1cccc(C)c1-c1c2nc(c(N(c3ccc(CCCCCC)cc3)c3ccc(CCCCCC)cc3)c3ccc([nH]3)c(-c3c(C)cccc3OCCCCCCCC)c3nc(c(C#Cc4ccc(C)c(C(=O)O)c4)c4ccc1[nH]4)C=C3)C=C2. The van der Waals surface area contributed by atoms with E-state index in [1.807, 2.05) is 19.1 Å². The maximum Gasteiger partial charge on any atom is 0.335 e. The predicted octanol–water partition coefficient (Wildman–Crippen LogP) is 23.2. The van der Waals surface area contributed by atoms with E-state index in [0.717, 1.165) is 152 Å². The Morgan fingerprint density at radius 2 is 0.882 bits per heavy atom. The van der Waals surface area contributed by atoms with Gasteiger partial charge in [0.1, 0.15) is 11.5 Å². The van der Waals surface area contributed by atoms with E-state index in [2.05, 4.69) is 202 Å². The number of fused-ring (bicyclic) bond motifs is 8. The van der Waals surface area contributed by atoms with Crippen LogP contribution in [0.5, 0.6) is 11.5 Å². The number of aromatic carboxylic acids is 1. The van der Waals surface area contributed by atoms with Gasteiger partial charge in [-0.2, -0.15) is 0 Å². The number of aryl methyl sites for hydroxylation is 5. The Morgan fingerprint density at radius 1 is 0.441 bits per heavy atom. The first kappa shape index (κ1) is 67.0. The zero-order valence-electron chi connectivity index (χ0n) is 56.4. The number of carboxylic acids is 1. The predicted molar refractivity (Wildman–Crippen MR) is 391 cm³/mol. The Balaban J connectivity index is 1.28. The van der Waals surface area contributed by atoms with Gasteiger partial charge in [0.25, 0.3) is 0 Å². The molecule has 3 aromatic heterocycles. The van der Waals surface area contributed by atoms with E-state index in [-0.39, 0.29) is 5.56 Å². The van der Waals surface area contributed by atoms with Gasteiger partial charge in [-0.15, -0.1) is 0 Å². The molecule has 5 aromatic carbocycles. The molecule has 0 fully saturated rings. The molecule has 9 nitrogen and oxygen atoms in total. The zero-order valence-corrected chi connectivity index (χ0v) is 56.4. The third-order valence-electron chi connectivity index (χ3n) is 18.3. The lowest BCUT2D eigenvalue weighted by Crippen LogP contribution is -2.12. The van der Waals surface area contributed by atoms with Crippen molar-refractivity contribution in [3.63, 3.8) is 0 Å². The number of rotatable bonds is 32. The minimum atomic E-state index is -0.993. The van der Waals surface area contributed by atoms with Gasteiger partial charge in [0.15, 0.2) is 0 Å². The molecular weight excluding hydrogens is 1140 g/mol. The Bertz CT molecular complexity index is 4010. The van der Waals surface area contributed by atoms with Crippen LogP contribution in [0.1, 0.15) is 228 Å². The van der Waals surface area contributed by atoms with Crippen molar-refractivity contribution < 1.29 is 19.4 Å². The van der Waals surface area contributed by atoms with Gasteiger partial charge in [-0.25, -0.2) is 14.8 Å². The number of hydrogen-bond acceptors (Lipinski definition) is 6. The number of aromatic nitrogens is 4. The van der Waals surface area contributed by atoms with Crippen LogP contribution in [0.3, 0.4) is 0 Å². The van der Waals surface area contributed by atoms with Crippen molar-refractivity contribution in [3.8, 4) is 45.6 Å². The summed E-state index contributed by atoms with van der Waals surface area (Å²) in [6.07, 6.45) is 34.2. The number of unbranched alkanes of at least 4 members (excludes halogenated alkanes) is 16. The van der Waals surface area contributed by atoms with Crippen LogP contribution in [0, 0.1) is 32.6 Å². The summed E-state index contributed by atoms with van der Waals surface area (Å²) in [5.74, 6) is 7.53. The second-order valence-electron chi connectivity index (χ2n) is 25.5. The van der Waals surface area contributed by atoms with Gasteiger partial charge < -0.3 is 29.4 Å². The summed E-state index contributed by atoms with van der Waals surface area (Å²) in [7, 11) is 0. The molecule has 0 spiro atoms. The molecule has 3 N–H and O–H groups in total. The summed E-state index contributed by atoms with van der Waals surface area (Å²) in [5.41, 5.74) is 19.8. The highest BCUT2D eigenvalue weighted by Gasteiger charge is 2.25. The number of H-pyrrole nitrogens is 2. The molecule has 0 aliphatic carbocycles. The Hall–Kier alpha value is -8.87. The van der Waals surface area contributed by atoms with Crippen molar-refractivity contribution in [2.75, 3.05) is 18.1 Å². The maximum absolute atomic E-state index is 12.5. The summed E-state index contributed by atoms with van der Waals surface area (Å²) in [4.78, 5) is 34.3. The van der Waals surface area contributed by atoms with Gasteiger partial charge in [0.2, 0.25) is 0 Å². The van der Waals surface area contributed by atoms with Gasteiger partial charge in [0.05, 0.1) is 63.8 Å². The highest BCUT2D eigenvalue weighted by molar-refractivity contribution is 6.01. The highest BCUT2D eigenvalue weighted by atomic mass is 16.5. The molecule has 8 aromatic rings. The van der Waals surface area contributed by atoms with Crippen LogP contribution in [0.15, 0.2) is 127 Å². The molecule has 10 rings (SSSR count). The summed E-state index contributed by atoms with van der Waals surface area (Å²) in [6.45, 7) is 16.4. The van der Waals surface area contributed by atoms with Crippen molar-refractivity contribution in [2.45, 2.75) is 190 Å². The van der Waals surface area contributed by atoms with Gasteiger partial charge >= 0.3 is 5.97 Å². The zero-order chi connectivity index (χ0) is 64.9. The maximum atomic E-state index is 12.5. The number of carboxylic acid groups (broad SMARTS) is 1. The molecule has 8 bridgehead atoms. The molecule has 482 valence electrons. The van der Waals surface area contributed by atoms with E-state index in [4.69, 9.17) is 19.4 Å². The molecule has 0 saturated heterocycles. The molecule has 2 aliphatic heterocycles. The first-order valence-electron chi connectivity index (χ1n) is 35.0. The molecule has 5 heterocycles. The molecule has 0 unspecified atom stereocenters. The van der Waals surface area contributed by atoms with Crippen LogP contribution in [-0.4, -0.2) is 44.2 Å². The summed E-state index contributed by atoms with van der Waals surface area (Å²) < 4.78 is 13.8. The first-order chi connectivity index (χ1) is 45.6. The first-order valence-corrected chi connectivity index (χ1v) is 35.0. The van der Waals surface area contributed by atoms with Gasteiger partial charge in [-0.1, -0.05) is 197 Å². The minimum Gasteiger partial charge on any atom is -0.493 e. The Labute approximate surface area is 553 Å². The number of carbonyl (C=O) groups is 1. The third kappa shape index (κ3) is 17.1. The largest absolute Gasteiger partial charge is 0.493 e. The van der Waals surface area contributed by atoms with E-state index in [1.54, 1.807) is 6.07 Å². The van der Waals surface area contributed by atoms with Gasteiger partial charge in [-0.3, -0.25) is 0 Å². The van der Waals surface area contributed by atoms with E-state index in [9.17, 15) is 9.90 Å². The van der Waals surface area contributed by atoms with E-state index in [1.165, 1.54) is 101 Å². The third-order valence-corrected chi connectivity index (χ3v) is 18.3. The number of benzene rings is 5. The standard InChI is InChI=1S/C84H97N5O4/c1-8-12-16-20-22-26-56-92-77-34-28-30-60(6)79(77)81-71-50-48-69(85-71)67(47-42-64-37-36-59(5)68(58-64)84(90)91)70-49-51-72(86-70)82(80-61(7)31-29-35-78(80)93-57-27-23-21-17-13-9-2)74-53-55-76(88-74)83(75-54-52-73(81)87-75)89(65-43-38-62(39-44-65)32-24-18-14-10-3)66-45-40-63(41-46-66)33-25-19-15-11-4/h28-31,34-41,43-46,48-55,58,85,88H,8-27,32-33,56-57H2,1-7H3,(H,90,91). The van der Waals surface area contributed by atoms with Crippen molar-refractivity contribution >= 4 is 69.4 Å². The molecule has 9 heteroatoms.